The van der Waals surface area contributed by atoms with E-state index in [1.807, 2.05) is 48.5 Å². The van der Waals surface area contributed by atoms with Crippen molar-refractivity contribution in [3.05, 3.63) is 54.7 Å². The lowest BCUT2D eigenvalue weighted by molar-refractivity contribution is -0.119. The molecule has 1 amide bonds. The Hall–Kier alpha value is -2.80. The molecule has 6 nitrogen and oxygen atoms in total. The lowest BCUT2D eigenvalue weighted by Crippen LogP contribution is -2.41. The molecule has 0 aliphatic carbocycles. The molecule has 132 valence electrons. The summed E-state index contributed by atoms with van der Waals surface area (Å²) in [7, 11) is 0. The highest BCUT2D eigenvalue weighted by Gasteiger charge is 2.21. The second-order valence-corrected chi connectivity index (χ2v) is 6.79. The Morgan fingerprint density at radius 3 is 2.88 bits per heavy atom. The maximum Gasteiger partial charge on any atom is 0.230 e. The summed E-state index contributed by atoms with van der Waals surface area (Å²) in [5.74, 6) is 1.64. The molecule has 1 aliphatic heterocycles. The van der Waals surface area contributed by atoms with Crippen molar-refractivity contribution in [1.29, 1.82) is 0 Å². The van der Waals surface area contributed by atoms with Crippen LogP contribution in [-0.4, -0.2) is 41.1 Å². The van der Waals surface area contributed by atoms with E-state index in [-0.39, 0.29) is 17.8 Å². The summed E-state index contributed by atoms with van der Waals surface area (Å²) in [4.78, 5) is 12.2. The summed E-state index contributed by atoms with van der Waals surface area (Å²) in [6, 6.07) is 15.4. The van der Waals surface area contributed by atoms with Gasteiger partial charge < -0.3 is 14.8 Å². The molecule has 0 spiro atoms. The SMILES string of the molecule is O=C(CSc1nncc2ccccc12)NCC1COc2ccccc2O1. The first-order valence-electron chi connectivity index (χ1n) is 8.28. The first kappa shape index (κ1) is 16.7. The van der Waals surface area contributed by atoms with Crippen LogP contribution >= 0.6 is 11.8 Å². The first-order chi connectivity index (χ1) is 12.8. The maximum absolute atomic E-state index is 12.2. The summed E-state index contributed by atoms with van der Waals surface area (Å²) >= 11 is 1.38. The van der Waals surface area contributed by atoms with Gasteiger partial charge in [-0.25, -0.2) is 0 Å². The van der Waals surface area contributed by atoms with Crippen LogP contribution in [0.25, 0.3) is 10.8 Å². The number of fused-ring (bicyclic) bond motifs is 2. The Bertz CT molecular complexity index is 929. The third-order valence-corrected chi connectivity index (χ3v) is 4.95. The van der Waals surface area contributed by atoms with Crippen LogP contribution in [0.1, 0.15) is 0 Å². The molecule has 1 N–H and O–H groups in total. The highest BCUT2D eigenvalue weighted by molar-refractivity contribution is 8.00. The Kier molecular flexibility index (Phi) is 4.88. The fourth-order valence-electron chi connectivity index (χ4n) is 2.68. The lowest BCUT2D eigenvalue weighted by atomic mass is 10.2. The first-order valence-corrected chi connectivity index (χ1v) is 9.26. The molecule has 3 aromatic rings. The molecule has 0 fully saturated rings. The molecular weight excluding hydrogens is 350 g/mol. The Labute approximate surface area is 154 Å². The van der Waals surface area contributed by atoms with Gasteiger partial charge in [0.2, 0.25) is 5.91 Å². The fraction of sp³-hybridized carbons (Fsp3) is 0.211. The van der Waals surface area contributed by atoms with Crippen LogP contribution in [0, 0.1) is 0 Å². The number of aromatic nitrogens is 2. The molecule has 26 heavy (non-hydrogen) atoms. The van der Waals surface area contributed by atoms with Gasteiger partial charge in [-0.15, -0.1) is 5.10 Å². The number of carbonyl (C=O) groups excluding carboxylic acids is 1. The zero-order chi connectivity index (χ0) is 17.8. The van der Waals surface area contributed by atoms with Gasteiger partial charge in [0.15, 0.2) is 11.5 Å². The van der Waals surface area contributed by atoms with Crippen molar-refractivity contribution in [2.45, 2.75) is 11.1 Å². The van der Waals surface area contributed by atoms with E-state index >= 15 is 0 Å². The van der Waals surface area contributed by atoms with Crippen molar-refractivity contribution in [3.8, 4) is 11.5 Å². The number of amides is 1. The zero-order valence-corrected chi connectivity index (χ0v) is 14.7. The monoisotopic (exact) mass is 367 g/mol. The minimum atomic E-state index is -0.198. The third-order valence-electron chi connectivity index (χ3n) is 3.97. The fourth-order valence-corrected chi connectivity index (χ4v) is 3.50. The van der Waals surface area contributed by atoms with E-state index < -0.39 is 0 Å². The highest BCUT2D eigenvalue weighted by atomic mass is 32.2. The van der Waals surface area contributed by atoms with Crippen molar-refractivity contribution in [3.63, 3.8) is 0 Å². The highest BCUT2D eigenvalue weighted by Crippen LogP contribution is 2.30. The van der Waals surface area contributed by atoms with E-state index in [4.69, 9.17) is 9.47 Å². The standard InChI is InChI=1S/C19H17N3O3S/c23-18(12-26-19-15-6-2-1-5-13(15)9-21-22-19)20-10-14-11-24-16-7-3-4-8-17(16)25-14/h1-9,14H,10-12H2,(H,20,23). The largest absolute Gasteiger partial charge is 0.486 e. The van der Waals surface area contributed by atoms with Gasteiger partial charge >= 0.3 is 0 Å². The summed E-state index contributed by atoms with van der Waals surface area (Å²) in [5, 5.41) is 13.8. The molecule has 0 saturated heterocycles. The molecule has 1 aromatic heterocycles. The van der Waals surface area contributed by atoms with Crippen molar-refractivity contribution in [2.75, 3.05) is 18.9 Å². The van der Waals surface area contributed by atoms with Crippen LogP contribution in [0.5, 0.6) is 11.5 Å². The normalized spacial score (nSPS) is 15.6. The van der Waals surface area contributed by atoms with Gasteiger partial charge in [-0.2, -0.15) is 5.10 Å². The summed E-state index contributed by atoms with van der Waals surface area (Å²) in [6.07, 6.45) is 1.52. The second-order valence-electron chi connectivity index (χ2n) is 5.83. The van der Waals surface area contributed by atoms with Crippen LogP contribution in [-0.2, 0) is 4.79 Å². The second kappa shape index (κ2) is 7.61. The van der Waals surface area contributed by atoms with Crippen LogP contribution < -0.4 is 14.8 Å². The average Bonchev–Trinajstić information content (AvgIpc) is 2.70. The molecule has 0 radical (unpaired) electrons. The van der Waals surface area contributed by atoms with Gasteiger partial charge in [0.05, 0.1) is 18.5 Å². The minimum absolute atomic E-state index is 0.0767. The van der Waals surface area contributed by atoms with Crippen molar-refractivity contribution >= 4 is 28.4 Å². The van der Waals surface area contributed by atoms with E-state index in [1.165, 1.54) is 11.8 Å². The van der Waals surface area contributed by atoms with E-state index in [0.717, 1.165) is 21.5 Å². The Morgan fingerprint density at radius 2 is 1.96 bits per heavy atom. The average molecular weight is 367 g/mol. The molecule has 2 aromatic carbocycles. The maximum atomic E-state index is 12.2. The number of ether oxygens (including phenoxy) is 2. The molecule has 1 aliphatic rings. The van der Waals surface area contributed by atoms with Gasteiger partial charge in [0.1, 0.15) is 17.7 Å². The van der Waals surface area contributed by atoms with Crippen molar-refractivity contribution < 1.29 is 14.3 Å². The number of hydrogen-bond acceptors (Lipinski definition) is 6. The number of rotatable bonds is 5. The van der Waals surface area contributed by atoms with Gasteiger partial charge in [-0.1, -0.05) is 48.2 Å². The Morgan fingerprint density at radius 1 is 1.15 bits per heavy atom. The number of nitrogens with zero attached hydrogens (tertiary/aromatic N) is 2. The molecule has 7 heteroatoms. The number of benzene rings is 2. The number of nitrogens with one attached hydrogen (secondary N) is 1. The van der Waals surface area contributed by atoms with Gasteiger partial charge in [0, 0.05) is 10.8 Å². The molecule has 4 rings (SSSR count). The molecule has 1 unspecified atom stereocenters. The quantitative estimate of drug-likeness (QED) is 0.699. The van der Waals surface area contributed by atoms with Crippen LogP contribution in [0.3, 0.4) is 0 Å². The van der Waals surface area contributed by atoms with E-state index in [0.29, 0.717) is 18.9 Å². The molecule has 0 saturated carbocycles. The number of hydrogen-bond donors (Lipinski definition) is 1. The van der Waals surface area contributed by atoms with Gasteiger partial charge in [-0.05, 0) is 12.1 Å². The summed E-state index contributed by atoms with van der Waals surface area (Å²) < 4.78 is 11.5. The topological polar surface area (TPSA) is 73.3 Å². The van der Waals surface area contributed by atoms with Gasteiger partial charge in [0.25, 0.3) is 0 Å². The molecule has 2 heterocycles. The van der Waals surface area contributed by atoms with Crippen LogP contribution in [0.4, 0.5) is 0 Å². The Balaban J connectivity index is 1.30. The summed E-state index contributed by atoms with van der Waals surface area (Å²) in [5.41, 5.74) is 0. The van der Waals surface area contributed by atoms with E-state index in [9.17, 15) is 4.79 Å². The van der Waals surface area contributed by atoms with Gasteiger partial charge in [-0.3, -0.25) is 4.79 Å². The number of thioether (sulfide) groups is 1. The predicted molar refractivity (Wildman–Crippen MR) is 99.6 cm³/mol. The molecular formula is C19H17N3O3S. The predicted octanol–water partition coefficient (Wildman–Crippen LogP) is 2.68. The lowest BCUT2D eigenvalue weighted by Gasteiger charge is -2.26. The number of carbonyl (C=O) groups is 1. The van der Waals surface area contributed by atoms with E-state index in [1.54, 1.807) is 6.20 Å². The summed E-state index contributed by atoms with van der Waals surface area (Å²) in [6.45, 7) is 0.814. The minimum Gasteiger partial charge on any atom is -0.486 e. The van der Waals surface area contributed by atoms with Crippen molar-refractivity contribution in [2.24, 2.45) is 0 Å². The third kappa shape index (κ3) is 3.72. The van der Waals surface area contributed by atoms with Crippen molar-refractivity contribution in [1.82, 2.24) is 15.5 Å². The zero-order valence-electron chi connectivity index (χ0n) is 13.9. The molecule has 1 atom stereocenters. The van der Waals surface area contributed by atoms with Crippen LogP contribution in [0.15, 0.2) is 59.8 Å². The molecule has 0 bridgehead atoms. The smallest absolute Gasteiger partial charge is 0.230 e. The van der Waals surface area contributed by atoms with E-state index in [2.05, 4.69) is 15.5 Å². The number of para-hydroxylation sites is 2. The van der Waals surface area contributed by atoms with Crippen LogP contribution in [0.2, 0.25) is 0 Å².